The summed E-state index contributed by atoms with van der Waals surface area (Å²) in [5, 5.41) is 16.0. The SMILES string of the molecule is N#C/C(=C/Nc1cc(Cl)ccc1Cl)C(=O)Nc1cc(Cl)ccc1Cl. The van der Waals surface area contributed by atoms with Gasteiger partial charge in [0.1, 0.15) is 11.6 Å². The number of anilines is 2. The molecule has 122 valence electrons. The van der Waals surface area contributed by atoms with E-state index in [2.05, 4.69) is 10.6 Å². The molecule has 0 fully saturated rings. The van der Waals surface area contributed by atoms with Crippen molar-refractivity contribution in [2.75, 3.05) is 10.6 Å². The minimum Gasteiger partial charge on any atom is -0.359 e. The Kier molecular flexibility index (Phi) is 6.36. The zero-order chi connectivity index (χ0) is 17.7. The van der Waals surface area contributed by atoms with E-state index in [9.17, 15) is 4.79 Å². The quantitative estimate of drug-likeness (QED) is 0.506. The van der Waals surface area contributed by atoms with E-state index in [1.165, 1.54) is 12.3 Å². The summed E-state index contributed by atoms with van der Waals surface area (Å²) < 4.78 is 0. The molecule has 0 atom stereocenters. The smallest absolute Gasteiger partial charge is 0.267 e. The van der Waals surface area contributed by atoms with Crippen LogP contribution in [-0.2, 0) is 4.79 Å². The Bertz CT molecular complexity index is 859. The molecule has 0 aliphatic rings. The molecule has 0 aliphatic heterocycles. The van der Waals surface area contributed by atoms with Crippen LogP contribution in [0.5, 0.6) is 0 Å². The molecule has 0 unspecified atom stereocenters. The van der Waals surface area contributed by atoms with E-state index in [0.717, 1.165) is 0 Å². The predicted octanol–water partition coefficient (Wildman–Crippen LogP) is 5.76. The van der Waals surface area contributed by atoms with E-state index >= 15 is 0 Å². The molecule has 0 bridgehead atoms. The molecular formula is C16H9Cl4N3O. The normalized spacial score (nSPS) is 10.9. The summed E-state index contributed by atoms with van der Waals surface area (Å²) in [6.45, 7) is 0. The summed E-state index contributed by atoms with van der Waals surface area (Å²) in [4.78, 5) is 12.2. The second kappa shape index (κ2) is 8.27. The summed E-state index contributed by atoms with van der Waals surface area (Å²) in [5.41, 5.74) is 0.587. The van der Waals surface area contributed by atoms with Crippen molar-refractivity contribution in [2.24, 2.45) is 0 Å². The maximum atomic E-state index is 12.2. The van der Waals surface area contributed by atoms with Crippen LogP contribution in [0.1, 0.15) is 0 Å². The summed E-state index contributed by atoms with van der Waals surface area (Å²) in [6, 6.07) is 11.2. The van der Waals surface area contributed by atoms with Crippen LogP contribution in [0.25, 0.3) is 0 Å². The van der Waals surface area contributed by atoms with Gasteiger partial charge in [-0.3, -0.25) is 4.79 Å². The standard InChI is InChI=1S/C16H9Cl4N3O/c17-10-1-3-12(19)14(5-10)22-8-9(7-21)16(24)23-15-6-11(18)2-4-13(15)20/h1-6,8,22H,(H,23,24)/b9-8-. The van der Waals surface area contributed by atoms with Crippen LogP contribution < -0.4 is 10.6 Å². The molecule has 0 aliphatic carbocycles. The van der Waals surface area contributed by atoms with Crippen LogP contribution in [0.15, 0.2) is 48.2 Å². The van der Waals surface area contributed by atoms with Gasteiger partial charge in [0.15, 0.2) is 0 Å². The van der Waals surface area contributed by atoms with Crippen molar-refractivity contribution in [1.29, 1.82) is 5.26 Å². The number of hydrogen-bond donors (Lipinski definition) is 2. The predicted molar refractivity (Wildman–Crippen MR) is 98.9 cm³/mol. The molecule has 1 amide bonds. The lowest BCUT2D eigenvalue weighted by molar-refractivity contribution is -0.112. The van der Waals surface area contributed by atoms with Crippen molar-refractivity contribution in [2.45, 2.75) is 0 Å². The van der Waals surface area contributed by atoms with Gasteiger partial charge in [0, 0.05) is 16.2 Å². The third kappa shape index (κ3) is 4.80. The van der Waals surface area contributed by atoms with Gasteiger partial charge in [0.2, 0.25) is 0 Å². The molecular weight excluding hydrogens is 392 g/mol. The lowest BCUT2D eigenvalue weighted by Gasteiger charge is -2.08. The first-order valence-corrected chi connectivity index (χ1v) is 8.00. The third-order valence-corrected chi connectivity index (χ3v) is 3.97. The Hall–Kier alpha value is -1.90. The number of amides is 1. The van der Waals surface area contributed by atoms with Crippen molar-refractivity contribution in [3.8, 4) is 6.07 Å². The molecule has 24 heavy (non-hydrogen) atoms. The lowest BCUT2D eigenvalue weighted by Crippen LogP contribution is -2.15. The van der Waals surface area contributed by atoms with Gasteiger partial charge in [-0.1, -0.05) is 46.4 Å². The summed E-state index contributed by atoms with van der Waals surface area (Å²) in [5.74, 6) is -0.646. The van der Waals surface area contributed by atoms with Crippen molar-refractivity contribution < 1.29 is 4.79 Å². The van der Waals surface area contributed by atoms with Crippen LogP contribution in [-0.4, -0.2) is 5.91 Å². The highest BCUT2D eigenvalue weighted by atomic mass is 35.5. The molecule has 8 heteroatoms. The van der Waals surface area contributed by atoms with Gasteiger partial charge in [-0.2, -0.15) is 5.26 Å². The average molecular weight is 401 g/mol. The Morgan fingerprint density at radius 3 is 2.08 bits per heavy atom. The Balaban J connectivity index is 2.18. The van der Waals surface area contributed by atoms with E-state index in [4.69, 9.17) is 51.7 Å². The number of hydrogen-bond acceptors (Lipinski definition) is 3. The van der Waals surface area contributed by atoms with Crippen molar-refractivity contribution in [1.82, 2.24) is 0 Å². The summed E-state index contributed by atoms with van der Waals surface area (Å²) in [6.07, 6.45) is 1.23. The fourth-order valence-electron chi connectivity index (χ4n) is 1.69. The highest BCUT2D eigenvalue weighted by Crippen LogP contribution is 2.27. The minimum atomic E-state index is -0.646. The first-order valence-electron chi connectivity index (χ1n) is 6.49. The van der Waals surface area contributed by atoms with Gasteiger partial charge < -0.3 is 10.6 Å². The van der Waals surface area contributed by atoms with Crippen molar-refractivity contribution in [3.05, 3.63) is 68.3 Å². The molecule has 0 radical (unpaired) electrons. The van der Waals surface area contributed by atoms with E-state index in [-0.39, 0.29) is 5.57 Å². The number of carbonyl (C=O) groups excluding carboxylic acids is 1. The Morgan fingerprint density at radius 2 is 1.50 bits per heavy atom. The molecule has 0 saturated heterocycles. The number of nitrogens with one attached hydrogen (secondary N) is 2. The molecule has 4 nitrogen and oxygen atoms in total. The molecule has 0 aromatic heterocycles. The van der Waals surface area contributed by atoms with E-state index in [0.29, 0.717) is 31.5 Å². The van der Waals surface area contributed by atoms with Crippen LogP contribution >= 0.6 is 46.4 Å². The number of rotatable bonds is 4. The average Bonchev–Trinajstić information content (AvgIpc) is 2.54. The van der Waals surface area contributed by atoms with Gasteiger partial charge >= 0.3 is 0 Å². The molecule has 2 aromatic carbocycles. The van der Waals surface area contributed by atoms with Crippen molar-refractivity contribution >= 4 is 63.7 Å². The van der Waals surface area contributed by atoms with E-state index in [1.54, 1.807) is 36.4 Å². The molecule has 2 N–H and O–H groups in total. The number of benzene rings is 2. The molecule has 0 heterocycles. The monoisotopic (exact) mass is 399 g/mol. The summed E-state index contributed by atoms with van der Waals surface area (Å²) in [7, 11) is 0. The third-order valence-electron chi connectivity index (χ3n) is 2.84. The van der Waals surface area contributed by atoms with Crippen LogP contribution in [0.3, 0.4) is 0 Å². The van der Waals surface area contributed by atoms with Gasteiger partial charge in [0.25, 0.3) is 5.91 Å². The van der Waals surface area contributed by atoms with Gasteiger partial charge in [0.05, 0.1) is 21.4 Å². The van der Waals surface area contributed by atoms with Crippen LogP contribution in [0.4, 0.5) is 11.4 Å². The van der Waals surface area contributed by atoms with E-state index < -0.39 is 5.91 Å². The number of nitriles is 1. The zero-order valence-corrected chi connectivity index (χ0v) is 14.9. The second-order valence-corrected chi connectivity index (χ2v) is 6.20. The highest BCUT2D eigenvalue weighted by molar-refractivity contribution is 6.36. The first kappa shape index (κ1) is 18.4. The summed E-state index contributed by atoms with van der Waals surface area (Å²) >= 11 is 23.7. The lowest BCUT2D eigenvalue weighted by atomic mass is 10.2. The van der Waals surface area contributed by atoms with Gasteiger partial charge in [-0.15, -0.1) is 0 Å². The van der Waals surface area contributed by atoms with Crippen LogP contribution in [0.2, 0.25) is 20.1 Å². The second-order valence-electron chi connectivity index (χ2n) is 4.52. The highest BCUT2D eigenvalue weighted by Gasteiger charge is 2.12. The maximum Gasteiger partial charge on any atom is 0.267 e. The Labute approximate surface area is 158 Å². The van der Waals surface area contributed by atoms with Crippen LogP contribution in [0, 0.1) is 11.3 Å². The topological polar surface area (TPSA) is 64.9 Å². The molecule has 2 rings (SSSR count). The number of nitrogens with zero attached hydrogens (tertiary/aromatic N) is 1. The van der Waals surface area contributed by atoms with Gasteiger partial charge in [-0.25, -0.2) is 0 Å². The van der Waals surface area contributed by atoms with E-state index in [1.807, 2.05) is 0 Å². The largest absolute Gasteiger partial charge is 0.359 e. The molecule has 0 spiro atoms. The fraction of sp³-hybridized carbons (Fsp3) is 0. The fourth-order valence-corrected chi connectivity index (χ4v) is 2.37. The minimum absolute atomic E-state index is 0.179. The molecule has 2 aromatic rings. The first-order chi connectivity index (χ1) is 11.4. The zero-order valence-electron chi connectivity index (χ0n) is 11.9. The van der Waals surface area contributed by atoms with Crippen molar-refractivity contribution in [3.63, 3.8) is 0 Å². The number of halogens is 4. The number of carbonyl (C=O) groups is 1. The Morgan fingerprint density at radius 1 is 0.958 bits per heavy atom. The van der Waals surface area contributed by atoms with Gasteiger partial charge in [-0.05, 0) is 36.4 Å². The molecule has 0 saturated carbocycles. The maximum absolute atomic E-state index is 12.2.